The lowest BCUT2D eigenvalue weighted by Crippen LogP contribution is -1.98. The van der Waals surface area contributed by atoms with Crippen molar-refractivity contribution in [1.29, 1.82) is 0 Å². The molecule has 0 aliphatic rings. The SMILES string of the molecule is CCOc1ccc(-c2ccc(CC/C=C/CF)cc2)c(F)c1F. The van der Waals surface area contributed by atoms with Gasteiger partial charge in [-0.05, 0) is 43.0 Å². The van der Waals surface area contributed by atoms with Gasteiger partial charge in [0.05, 0.1) is 6.61 Å². The van der Waals surface area contributed by atoms with Crippen LogP contribution in [0.4, 0.5) is 13.2 Å². The molecule has 0 saturated heterocycles. The zero-order valence-electron chi connectivity index (χ0n) is 13.0. The third-order valence-corrected chi connectivity index (χ3v) is 3.47. The first-order valence-electron chi connectivity index (χ1n) is 7.58. The van der Waals surface area contributed by atoms with Gasteiger partial charge in [0.1, 0.15) is 6.67 Å². The predicted molar refractivity (Wildman–Crippen MR) is 86.4 cm³/mol. The van der Waals surface area contributed by atoms with E-state index >= 15 is 0 Å². The van der Waals surface area contributed by atoms with Gasteiger partial charge in [0.15, 0.2) is 11.6 Å². The van der Waals surface area contributed by atoms with Crippen molar-refractivity contribution < 1.29 is 17.9 Å². The fourth-order valence-electron chi connectivity index (χ4n) is 2.30. The molecule has 0 fully saturated rings. The second kappa shape index (κ2) is 8.42. The molecule has 0 amide bonds. The van der Waals surface area contributed by atoms with Crippen LogP contribution in [0.15, 0.2) is 48.6 Å². The summed E-state index contributed by atoms with van der Waals surface area (Å²) in [6.45, 7) is 1.54. The second-order valence-corrected chi connectivity index (χ2v) is 5.03. The zero-order valence-corrected chi connectivity index (χ0v) is 13.0. The topological polar surface area (TPSA) is 9.23 Å². The Kier molecular flexibility index (Phi) is 6.27. The van der Waals surface area contributed by atoms with Gasteiger partial charge in [-0.3, -0.25) is 0 Å². The van der Waals surface area contributed by atoms with Crippen LogP contribution < -0.4 is 4.74 Å². The summed E-state index contributed by atoms with van der Waals surface area (Å²) in [5.41, 5.74) is 1.87. The van der Waals surface area contributed by atoms with Gasteiger partial charge in [-0.15, -0.1) is 0 Å². The predicted octanol–water partition coefficient (Wildman–Crippen LogP) is 5.49. The maximum atomic E-state index is 14.2. The van der Waals surface area contributed by atoms with Gasteiger partial charge in [-0.25, -0.2) is 8.78 Å². The smallest absolute Gasteiger partial charge is 0.201 e. The van der Waals surface area contributed by atoms with Crippen molar-refractivity contribution >= 4 is 0 Å². The van der Waals surface area contributed by atoms with Crippen molar-refractivity contribution in [3.05, 3.63) is 65.7 Å². The molecule has 0 unspecified atom stereocenters. The van der Waals surface area contributed by atoms with E-state index in [1.54, 1.807) is 25.1 Å². The molecule has 0 atom stereocenters. The maximum Gasteiger partial charge on any atom is 0.201 e. The summed E-state index contributed by atoms with van der Waals surface area (Å²) in [5, 5.41) is 0. The Balaban J connectivity index is 2.16. The van der Waals surface area contributed by atoms with E-state index in [4.69, 9.17) is 4.74 Å². The van der Waals surface area contributed by atoms with Crippen molar-refractivity contribution in [2.75, 3.05) is 13.3 Å². The van der Waals surface area contributed by atoms with Crippen LogP contribution in [0.5, 0.6) is 5.75 Å². The highest BCUT2D eigenvalue weighted by molar-refractivity contribution is 5.65. The molecule has 0 aliphatic heterocycles. The van der Waals surface area contributed by atoms with Gasteiger partial charge in [0, 0.05) is 5.56 Å². The number of alkyl halides is 1. The first-order valence-corrected chi connectivity index (χ1v) is 7.58. The quantitative estimate of drug-likeness (QED) is 0.613. The average molecular weight is 320 g/mol. The summed E-state index contributed by atoms with van der Waals surface area (Å²) in [7, 11) is 0. The number of benzene rings is 2. The molecule has 0 N–H and O–H groups in total. The van der Waals surface area contributed by atoms with Gasteiger partial charge in [0.25, 0.3) is 0 Å². The van der Waals surface area contributed by atoms with Crippen molar-refractivity contribution in [2.45, 2.75) is 19.8 Å². The van der Waals surface area contributed by atoms with E-state index in [2.05, 4.69) is 0 Å². The van der Waals surface area contributed by atoms with E-state index in [9.17, 15) is 13.2 Å². The summed E-state index contributed by atoms with van der Waals surface area (Å²) in [6, 6.07) is 10.2. The van der Waals surface area contributed by atoms with E-state index < -0.39 is 18.3 Å². The van der Waals surface area contributed by atoms with Gasteiger partial charge < -0.3 is 4.74 Å². The molecule has 0 heterocycles. The highest BCUT2D eigenvalue weighted by Crippen LogP contribution is 2.30. The van der Waals surface area contributed by atoms with E-state index in [1.807, 2.05) is 12.1 Å². The molecule has 1 nitrogen and oxygen atoms in total. The lowest BCUT2D eigenvalue weighted by atomic mass is 10.0. The van der Waals surface area contributed by atoms with Crippen LogP contribution in [-0.2, 0) is 6.42 Å². The third kappa shape index (κ3) is 4.38. The fourth-order valence-corrected chi connectivity index (χ4v) is 2.30. The molecule has 122 valence electrons. The normalized spacial score (nSPS) is 11.1. The number of hydrogen-bond acceptors (Lipinski definition) is 1. The summed E-state index contributed by atoms with van der Waals surface area (Å²) in [5.74, 6) is -1.95. The van der Waals surface area contributed by atoms with Crippen molar-refractivity contribution in [3.8, 4) is 16.9 Å². The first kappa shape index (κ1) is 17.1. The zero-order chi connectivity index (χ0) is 16.7. The summed E-state index contributed by atoms with van der Waals surface area (Å²) in [6.07, 6.45) is 4.79. The van der Waals surface area contributed by atoms with E-state index in [0.717, 1.165) is 18.4 Å². The second-order valence-electron chi connectivity index (χ2n) is 5.03. The molecule has 2 aromatic rings. The Bertz CT molecular complexity index is 663. The minimum atomic E-state index is -0.968. The molecule has 2 aromatic carbocycles. The minimum absolute atomic E-state index is 0.0787. The van der Waals surface area contributed by atoms with Crippen LogP contribution in [0.25, 0.3) is 11.1 Å². The molecular formula is C19H19F3O. The molecule has 0 radical (unpaired) electrons. The molecule has 0 aromatic heterocycles. The standard InChI is InChI=1S/C19H19F3O/c1-2-23-17-12-11-16(18(21)19(17)22)15-9-7-14(8-10-15)6-4-3-5-13-20/h3,5,7-12H,2,4,6,13H2,1H3/b5-3+. The number of ether oxygens (including phenoxy) is 1. The highest BCUT2D eigenvalue weighted by atomic mass is 19.2. The lowest BCUT2D eigenvalue weighted by Gasteiger charge is -2.09. The largest absolute Gasteiger partial charge is 0.491 e. The summed E-state index contributed by atoms with van der Waals surface area (Å²) < 4.78 is 45.1. The molecule has 2 rings (SSSR count). The first-order chi connectivity index (χ1) is 11.2. The van der Waals surface area contributed by atoms with Gasteiger partial charge in [-0.2, -0.15) is 4.39 Å². The Morgan fingerprint density at radius 2 is 1.70 bits per heavy atom. The number of hydrogen-bond donors (Lipinski definition) is 0. The Labute approximate surface area is 134 Å². The van der Waals surface area contributed by atoms with Gasteiger partial charge in [0.2, 0.25) is 5.82 Å². The van der Waals surface area contributed by atoms with Crippen LogP contribution in [0.1, 0.15) is 18.9 Å². The van der Waals surface area contributed by atoms with Crippen LogP contribution >= 0.6 is 0 Å². The van der Waals surface area contributed by atoms with Crippen LogP contribution in [0.2, 0.25) is 0 Å². The monoisotopic (exact) mass is 320 g/mol. The van der Waals surface area contributed by atoms with E-state index in [0.29, 0.717) is 5.56 Å². The number of rotatable bonds is 7. The molecule has 4 heteroatoms. The van der Waals surface area contributed by atoms with Crippen LogP contribution in [0.3, 0.4) is 0 Å². The molecule has 23 heavy (non-hydrogen) atoms. The van der Waals surface area contributed by atoms with Crippen molar-refractivity contribution in [1.82, 2.24) is 0 Å². The van der Waals surface area contributed by atoms with Crippen LogP contribution in [-0.4, -0.2) is 13.3 Å². The third-order valence-electron chi connectivity index (χ3n) is 3.47. The lowest BCUT2D eigenvalue weighted by molar-refractivity contribution is 0.314. The Morgan fingerprint density at radius 1 is 0.957 bits per heavy atom. The van der Waals surface area contributed by atoms with Crippen LogP contribution in [0, 0.1) is 11.6 Å². The molecule has 0 saturated carbocycles. The van der Waals surface area contributed by atoms with Gasteiger partial charge >= 0.3 is 0 Å². The Hall–Kier alpha value is -2.23. The van der Waals surface area contributed by atoms with Crippen molar-refractivity contribution in [3.63, 3.8) is 0 Å². The summed E-state index contributed by atoms with van der Waals surface area (Å²) >= 11 is 0. The molecule has 0 bridgehead atoms. The fraction of sp³-hybridized carbons (Fsp3) is 0.263. The van der Waals surface area contributed by atoms with E-state index in [1.165, 1.54) is 18.2 Å². The number of allylic oxidation sites excluding steroid dienone is 2. The molecule has 0 aliphatic carbocycles. The van der Waals surface area contributed by atoms with E-state index in [-0.39, 0.29) is 17.9 Å². The molecular weight excluding hydrogens is 301 g/mol. The number of aryl methyl sites for hydroxylation is 1. The Morgan fingerprint density at radius 3 is 2.35 bits per heavy atom. The summed E-state index contributed by atoms with van der Waals surface area (Å²) in [4.78, 5) is 0. The van der Waals surface area contributed by atoms with Gasteiger partial charge in [-0.1, -0.05) is 36.4 Å². The average Bonchev–Trinajstić information content (AvgIpc) is 2.57. The maximum absolute atomic E-state index is 14.2. The molecule has 0 spiro atoms. The number of halogens is 3. The minimum Gasteiger partial charge on any atom is -0.491 e. The highest BCUT2D eigenvalue weighted by Gasteiger charge is 2.15. The van der Waals surface area contributed by atoms with Crippen molar-refractivity contribution in [2.24, 2.45) is 0 Å².